The number of aromatic nitrogens is 1. The van der Waals surface area contributed by atoms with Gasteiger partial charge in [-0.1, -0.05) is 41.9 Å². The van der Waals surface area contributed by atoms with E-state index in [2.05, 4.69) is 21.3 Å². The first kappa shape index (κ1) is 21.0. The van der Waals surface area contributed by atoms with Crippen LogP contribution in [0.4, 0.5) is 5.13 Å². The minimum atomic E-state index is -0.145. The maximum atomic E-state index is 12.7. The molecular formula is C23H24ClN3O2S. The molecule has 2 heterocycles. The van der Waals surface area contributed by atoms with Crippen molar-refractivity contribution in [1.29, 1.82) is 0 Å². The van der Waals surface area contributed by atoms with E-state index in [9.17, 15) is 4.79 Å². The average molecular weight is 442 g/mol. The van der Waals surface area contributed by atoms with Crippen LogP contribution < -0.4 is 5.32 Å². The number of nitrogens with zero attached hydrogens (tertiary/aromatic N) is 2. The van der Waals surface area contributed by atoms with E-state index in [4.69, 9.17) is 16.3 Å². The number of halogens is 1. The predicted molar refractivity (Wildman–Crippen MR) is 122 cm³/mol. The van der Waals surface area contributed by atoms with E-state index in [-0.39, 0.29) is 5.91 Å². The zero-order valence-electron chi connectivity index (χ0n) is 16.9. The molecule has 5 nitrogen and oxygen atoms in total. The number of thiazole rings is 1. The van der Waals surface area contributed by atoms with Crippen molar-refractivity contribution in [2.45, 2.75) is 19.9 Å². The number of morpholine rings is 1. The van der Waals surface area contributed by atoms with E-state index < -0.39 is 0 Å². The summed E-state index contributed by atoms with van der Waals surface area (Å²) in [5, 5.41) is 4.30. The molecule has 0 bridgehead atoms. The molecule has 0 aliphatic carbocycles. The molecule has 0 unspecified atom stereocenters. The van der Waals surface area contributed by atoms with E-state index in [1.165, 1.54) is 11.3 Å². The Labute approximate surface area is 185 Å². The van der Waals surface area contributed by atoms with Crippen LogP contribution in [-0.4, -0.2) is 42.1 Å². The molecule has 1 saturated heterocycles. The number of rotatable bonds is 6. The average Bonchev–Trinajstić information content (AvgIpc) is 3.19. The minimum absolute atomic E-state index is 0.145. The smallest absolute Gasteiger partial charge is 0.257 e. The van der Waals surface area contributed by atoms with Crippen LogP contribution >= 0.6 is 22.9 Å². The Hall–Kier alpha value is -2.25. The Morgan fingerprint density at radius 2 is 2.03 bits per heavy atom. The second-order valence-corrected chi connectivity index (χ2v) is 8.89. The van der Waals surface area contributed by atoms with Gasteiger partial charge in [-0.3, -0.25) is 15.0 Å². The van der Waals surface area contributed by atoms with Crippen molar-refractivity contribution in [2.24, 2.45) is 0 Å². The van der Waals surface area contributed by atoms with E-state index in [1.807, 2.05) is 43.3 Å². The Balaban J connectivity index is 1.39. The molecule has 1 aliphatic heterocycles. The highest BCUT2D eigenvalue weighted by atomic mass is 35.5. The van der Waals surface area contributed by atoms with Crippen LogP contribution in [0.5, 0.6) is 0 Å². The first-order valence-corrected chi connectivity index (χ1v) is 11.2. The Bertz CT molecular complexity index is 1030. The molecule has 1 aromatic heterocycles. The van der Waals surface area contributed by atoms with Crippen LogP contribution in [0.25, 0.3) is 0 Å². The second-order valence-electron chi connectivity index (χ2n) is 7.40. The number of aryl methyl sites for hydroxylation is 1. The van der Waals surface area contributed by atoms with Gasteiger partial charge < -0.3 is 4.74 Å². The topological polar surface area (TPSA) is 54.5 Å². The molecule has 0 radical (unpaired) electrons. The van der Waals surface area contributed by atoms with Gasteiger partial charge in [0, 0.05) is 47.7 Å². The second kappa shape index (κ2) is 9.71. The number of hydrogen-bond donors (Lipinski definition) is 1. The molecule has 0 saturated carbocycles. The third-order valence-electron chi connectivity index (χ3n) is 5.11. The fraction of sp³-hybridized carbons (Fsp3) is 0.304. The number of ether oxygens (including phenoxy) is 1. The van der Waals surface area contributed by atoms with Crippen molar-refractivity contribution >= 4 is 34.0 Å². The van der Waals surface area contributed by atoms with Crippen LogP contribution in [-0.2, 0) is 17.7 Å². The van der Waals surface area contributed by atoms with Gasteiger partial charge in [-0.05, 0) is 35.7 Å². The van der Waals surface area contributed by atoms with Crippen LogP contribution in [0.15, 0.2) is 48.7 Å². The maximum Gasteiger partial charge on any atom is 0.257 e. The number of nitrogens with one attached hydrogen (secondary N) is 1. The van der Waals surface area contributed by atoms with Crippen molar-refractivity contribution in [1.82, 2.24) is 9.88 Å². The number of carbonyl (C=O) groups excluding carboxylic acids is 1. The van der Waals surface area contributed by atoms with Gasteiger partial charge in [0.15, 0.2) is 5.13 Å². The molecule has 30 heavy (non-hydrogen) atoms. The van der Waals surface area contributed by atoms with Crippen LogP contribution in [0.2, 0.25) is 5.02 Å². The predicted octanol–water partition coefficient (Wildman–Crippen LogP) is 4.78. The van der Waals surface area contributed by atoms with Gasteiger partial charge in [-0.2, -0.15) is 0 Å². The number of carbonyl (C=O) groups is 1. The van der Waals surface area contributed by atoms with Gasteiger partial charge in [0.25, 0.3) is 5.91 Å². The lowest BCUT2D eigenvalue weighted by Gasteiger charge is -2.26. The Morgan fingerprint density at radius 3 is 2.87 bits per heavy atom. The first-order valence-electron chi connectivity index (χ1n) is 9.97. The summed E-state index contributed by atoms with van der Waals surface area (Å²) in [5.74, 6) is -0.145. The zero-order valence-corrected chi connectivity index (χ0v) is 18.4. The third-order valence-corrected chi connectivity index (χ3v) is 6.56. The van der Waals surface area contributed by atoms with Crippen molar-refractivity contribution < 1.29 is 9.53 Å². The summed E-state index contributed by atoms with van der Waals surface area (Å²) in [7, 11) is 0. The van der Waals surface area contributed by atoms with Crippen LogP contribution in [0.1, 0.15) is 31.9 Å². The summed E-state index contributed by atoms with van der Waals surface area (Å²) in [5.41, 5.74) is 3.89. The summed E-state index contributed by atoms with van der Waals surface area (Å²) >= 11 is 7.88. The van der Waals surface area contributed by atoms with E-state index in [0.717, 1.165) is 59.4 Å². The van der Waals surface area contributed by atoms with Gasteiger partial charge in [0.2, 0.25) is 0 Å². The van der Waals surface area contributed by atoms with Crippen LogP contribution in [0, 0.1) is 6.92 Å². The zero-order chi connectivity index (χ0) is 20.9. The Kier molecular flexibility index (Phi) is 6.79. The van der Waals surface area contributed by atoms with Gasteiger partial charge in [0.1, 0.15) is 0 Å². The quantitative estimate of drug-likeness (QED) is 0.598. The number of anilines is 1. The third kappa shape index (κ3) is 5.26. The molecule has 7 heteroatoms. The fourth-order valence-electron chi connectivity index (χ4n) is 3.48. The first-order chi connectivity index (χ1) is 14.6. The molecular weight excluding hydrogens is 418 g/mol. The van der Waals surface area contributed by atoms with E-state index >= 15 is 0 Å². The van der Waals surface area contributed by atoms with Crippen molar-refractivity contribution in [3.05, 3.63) is 80.8 Å². The summed E-state index contributed by atoms with van der Waals surface area (Å²) in [6, 6.07) is 13.8. The van der Waals surface area contributed by atoms with Crippen molar-refractivity contribution in [3.63, 3.8) is 0 Å². The number of amides is 1. The molecule has 4 rings (SSSR count). The normalized spacial score (nSPS) is 14.6. The summed E-state index contributed by atoms with van der Waals surface area (Å²) in [4.78, 5) is 20.5. The molecule has 0 atom stereocenters. The lowest BCUT2D eigenvalue weighted by Crippen LogP contribution is -2.35. The number of benzene rings is 2. The highest BCUT2D eigenvalue weighted by molar-refractivity contribution is 7.15. The van der Waals surface area contributed by atoms with Gasteiger partial charge in [-0.25, -0.2) is 4.98 Å². The van der Waals surface area contributed by atoms with Gasteiger partial charge >= 0.3 is 0 Å². The molecule has 1 fully saturated rings. The fourth-order valence-corrected chi connectivity index (χ4v) is 4.50. The molecule has 156 valence electrons. The van der Waals surface area contributed by atoms with Gasteiger partial charge in [-0.15, -0.1) is 11.3 Å². The number of hydrogen-bond acceptors (Lipinski definition) is 5. The lowest BCUT2D eigenvalue weighted by atomic mass is 10.1. The SMILES string of the molecule is Cc1cccc(Cc2cnc(NC(=O)c3cccc(CN4CCOCC4)c3)s2)c1Cl. The minimum Gasteiger partial charge on any atom is -0.379 e. The van der Waals surface area contributed by atoms with E-state index in [1.54, 1.807) is 6.20 Å². The van der Waals surface area contributed by atoms with Gasteiger partial charge in [0.05, 0.1) is 13.2 Å². The van der Waals surface area contributed by atoms with Crippen molar-refractivity contribution in [3.8, 4) is 0 Å². The molecule has 1 amide bonds. The Morgan fingerprint density at radius 1 is 1.23 bits per heavy atom. The summed E-state index contributed by atoms with van der Waals surface area (Å²) in [6.07, 6.45) is 2.50. The molecule has 1 aliphatic rings. The summed E-state index contributed by atoms with van der Waals surface area (Å²) < 4.78 is 5.40. The molecule has 3 aromatic rings. The highest BCUT2D eigenvalue weighted by Crippen LogP contribution is 2.27. The molecule has 2 aromatic carbocycles. The summed E-state index contributed by atoms with van der Waals surface area (Å²) in [6.45, 7) is 6.19. The lowest BCUT2D eigenvalue weighted by molar-refractivity contribution is 0.0342. The standard InChI is InChI=1S/C23H24ClN3O2S/c1-16-4-2-6-18(21(16)24)13-20-14-25-23(30-20)26-22(28)19-7-3-5-17(12-19)15-27-8-10-29-11-9-27/h2-7,12,14H,8-11,13,15H2,1H3,(H,25,26,28). The molecule has 0 spiro atoms. The van der Waals surface area contributed by atoms with Crippen LogP contribution in [0.3, 0.4) is 0 Å². The van der Waals surface area contributed by atoms with E-state index in [0.29, 0.717) is 17.1 Å². The largest absolute Gasteiger partial charge is 0.379 e. The highest BCUT2D eigenvalue weighted by Gasteiger charge is 2.14. The maximum absolute atomic E-state index is 12.7. The monoisotopic (exact) mass is 441 g/mol. The van der Waals surface area contributed by atoms with Crippen molar-refractivity contribution in [2.75, 3.05) is 31.6 Å². The molecule has 1 N–H and O–H groups in total.